The molecule has 0 unspecified atom stereocenters. The van der Waals surface area contributed by atoms with Crippen molar-refractivity contribution >= 4 is 39.8 Å². The van der Waals surface area contributed by atoms with Crippen molar-refractivity contribution in [1.82, 2.24) is 20.7 Å². The summed E-state index contributed by atoms with van der Waals surface area (Å²) < 4.78 is 7.94. The van der Waals surface area contributed by atoms with Gasteiger partial charge in [0, 0.05) is 25.2 Å². The van der Waals surface area contributed by atoms with Crippen molar-refractivity contribution in [3.05, 3.63) is 70.4 Å². The van der Waals surface area contributed by atoms with Gasteiger partial charge in [-0.2, -0.15) is 0 Å². The van der Waals surface area contributed by atoms with E-state index in [-0.39, 0.29) is 6.54 Å². The van der Waals surface area contributed by atoms with Crippen LogP contribution >= 0.6 is 23.8 Å². The SMILES string of the molecule is CNC(=S)NNC[C@H]1O[C@@H](n2cc(Cc3ccc(C4CC4)cc3)c3c(Cl)cccc32)[C@H](O)[C@@H](O)[C@@H]1O. The smallest absolute Gasteiger partial charge is 0.180 e. The van der Waals surface area contributed by atoms with Gasteiger partial charge in [-0.3, -0.25) is 5.43 Å². The van der Waals surface area contributed by atoms with E-state index in [2.05, 4.69) is 40.4 Å². The summed E-state index contributed by atoms with van der Waals surface area (Å²) in [4.78, 5) is 0. The highest BCUT2D eigenvalue weighted by molar-refractivity contribution is 7.80. The Bertz CT molecular complexity index is 1230. The van der Waals surface area contributed by atoms with E-state index in [4.69, 9.17) is 28.6 Å². The molecule has 192 valence electrons. The predicted molar refractivity (Wildman–Crippen MR) is 143 cm³/mol. The molecule has 10 heteroatoms. The Morgan fingerprint density at radius 2 is 1.83 bits per heavy atom. The fourth-order valence-corrected chi connectivity index (χ4v) is 5.22. The lowest BCUT2D eigenvalue weighted by Gasteiger charge is -2.41. The molecule has 2 fully saturated rings. The summed E-state index contributed by atoms with van der Waals surface area (Å²) in [6, 6.07) is 14.3. The maximum Gasteiger partial charge on any atom is 0.180 e. The molecule has 3 aromatic rings. The fraction of sp³-hybridized carbons (Fsp3) is 0.423. The molecule has 1 aliphatic carbocycles. The van der Waals surface area contributed by atoms with Gasteiger partial charge in [-0.1, -0.05) is 41.9 Å². The molecule has 6 N–H and O–H groups in total. The van der Waals surface area contributed by atoms with Gasteiger partial charge >= 0.3 is 0 Å². The number of fused-ring (bicyclic) bond motifs is 1. The van der Waals surface area contributed by atoms with Crippen molar-refractivity contribution in [3.8, 4) is 0 Å². The van der Waals surface area contributed by atoms with Crippen molar-refractivity contribution < 1.29 is 20.1 Å². The second-order valence-electron chi connectivity index (χ2n) is 9.51. The minimum atomic E-state index is -1.40. The number of aliphatic hydroxyl groups excluding tert-OH is 3. The monoisotopic (exact) mass is 530 g/mol. The first kappa shape index (κ1) is 25.4. The molecular weight excluding hydrogens is 500 g/mol. The molecular formula is C26H31ClN4O4S. The number of benzene rings is 2. The summed E-state index contributed by atoms with van der Waals surface area (Å²) in [5, 5.41) is 36.7. The quantitative estimate of drug-likeness (QED) is 0.204. The molecule has 1 saturated heterocycles. The highest BCUT2D eigenvalue weighted by atomic mass is 35.5. The Morgan fingerprint density at radius 1 is 1.08 bits per heavy atom. The van der Waals surface area contributed by atoms with E-state index in [0.29, 0.717) is 22.5 Å². The highest BCUT2D eigenvalue weighted by Crippen LogP contribution is 2.40. The number of hydrazine groups is 1. The number of thiocarbonyl (C=S) groups is 1. The molecule has 2 heterocycles. The van der Waals surface area contributed by atoms with Crippen LogP contribution in [0.2, 0.25) is 5.02 Å². The molecule has 0 bridgehead atoms. The molecule has 5 atom stereocenters. The van der Waals surface area contributed by atoms with Gasteiger partial charge in [0.25, 0.3) is 0 Å². The van der Waals surface area contributed by atoms with Gasteiger partial charge in [-0.15, -0.1) is 0 Å². The van der Waals surface area contributed by atoms with Crippen molar-refractivity contribution in [2.24, 2.45) is 0 Å². The Labute approximate surface area is 220 Å². The summed E-state index contributed by atoms with van der Waals surface area (Å²) in [6.07, 6.45) is -0.671. The summed E-state index contributed by atoms with van der Waals surface area (Å²) in [7, 11) is 1.68. The van der Waals surface area contributed by atoms with Gasteiger partial charge in [0.1, 0.15) is 24.4 Å². The van der Waals surface area contributed by atoms with Crippen LogP contribution in [-0.2, 0) is 11.2 Å². The van der Waals surface area contributed by atoms with Crippen molar-refractivity contribution in [2.75, 3.05) is 13.6 Å². The predicted octanol–water partition coefficient (Wildman–Crippen LogP) is 2.34. The lowest BCUT2D eigenvalue weighted by Crippen LogP contribution is -2.59. The molecule has 1 saturated carbocycles. The van der Waals surface area contributed by atoms with E-state index in [0.717, 1.165) is 22.0 Å². The lowest BCUT2D eigenvalue weighted by atomic mass is 9.98. The van der Waals surface area contributed by atoms with Gasteiger partial charge in [0.2, 0.25) is 0 Å². The Kier molecular flexibility index (Phi) is 7.50. The summed E-state index contributed by atoms with van der Waals surface area (Å²) in [5.41, 5.74) is 9.97. The van der Waals surface area contributed by atoms with E-state index < -0.39 is 30.6 Å². The van der Waals surface area contributed by atoms with E-state index in [1.54, 1.807) is 11.6 Å². The van der Waals surface area contributed by atoms with Crippen molar-refractivity contribution in [2.45, 2.75) is 55.8 Å². The summed E-state index contributed by atoms with van der Waals surface area (Å²) in [6.45, 7) is 0.142. The molecule has 1 aromatic heterocycles. The van der Waals surface area contributed by atoms with Crippen LogP contribution < -0.4 is 16.2 Å². The van der Waals surface area contributed by atoms with Gasteiger partial charge in [-0.05, 0) is 66.2 Å². The summed E-state index contributed by atoms with van der Waals surface area (Å²) >= 11 is 11.7. The normalized spacial score (nSPS) is 26.2. The Morgan fingerprint density at radius 3 is 2.53 bits per heavy atom. The third-order valence-corrected chi connectivity index (χ3v) is 7.62. The second-order valence-corrected chi connectivity index (χ2v) is 10.3. The van der Waals surface area contributed by atoms with Gasteiger partial charge < -0.3 is 29.9 Å². The van der Waals surface area contributed by atoms with Crippen LogP contribution in [0.15, 0.2) is 48.7 Å². The average molecular weight is 531 g/mol. The minimum absolute atomic E-state index is 0.142. The second kappa shape index (κ2) is 10.6. The van der Waals surface area contributed by atoms with Gasteiger partial charge in [-0.25, -0.2) is 5.43 Å². The third-order valence-electron chi connectivity index (χ3n) is 7.00. The highest BCUT2D eigenvalue weighted by Gasteiger charge is 2.44. The number of aromatic nitrogens is 1. The number of hydrogen-bond acceptors (Lipinski definition) is 6. The van der Waals surface area contributed by atoms with Crippen LogP contribution in [0.25, 0.3) is 10.9 Å². The molecule has 2 aromatic carbocycles. The Hall–Kier alpha value is -2.24. The maximum absolute atomic E-state index is 10.9. The first-order chi connectivity index (χ1) is 17.4. The van der Waals surface area contributed by atoms with Crippen molar-refractivity contribution in [3.63, 3.8) is 0 Å². The molecule has 0 amide bonds. The van der Waals surface area contributed by atoms with E-state index in [1.165, 1.54) is 18.4 Å². The third kappa shape index (κ3) is 5.10. The molecule has 5 rings (SSSR count). The zero-order valence-electron chi connectivity index (χ0n) is 19.9. The minimum Gasteiger partial charge on any atom is -0.388 e. The van der Waals surface area contributed by atoms with Crippen LogP contribution in [-0.4, -0.2) is 63.0 Å². The van der Waals surface area contributed by atoms with E-state index in [1.807, 2.05) is 24.4 Å². The van der Waals surface area contributed by atoms with E-state index >= 15 is 0 Å². The number of nitrogens with one attached hydrogen (secondary N) is 3. The number of halogens is 1. The fourth-order valence-electron chi connectivity index (χ4n) is 4.86. The zero-order chi connectivity index (χ0) is 25.4. The number of hydrogen-bond donors (Lipinski definition) is 6. The van der Waals surface area contributed by atoms with E-state index in [9.17, 15) is 15.3 Å². The standard InChI is InChI=1S/C26H31ClN4O4S/c1-28-26(36)30-29-12-20-22(32)23(33)24(34)25(35-20)31-13-17(21-18(27)3-2-4-19(21)31)11-14-5-7-15(8-6-14)16-9-10-16/h2-8,13,16,20,22-25,29,32-34H,9-12H2,1H3,(H2,28,30,36)/t20-,22-,23+,24-,25-/m1/s1. The largest absolute Gasteiger partial charge is 0.388 e. The van der Waals surface area contributed by atoms with Crippen LogP contribution in [0.1, 0.15) is 41.7 Å². The van der Waals surface area contributed by atoms with Crippen LogP contribution in [0.3, 0.4) is 0 Å². The van der Waals surface area contributed by atoms with Crippen LogP contribution in [0.5, 0.6) is 0 Å². The molecule has 0 radical (unpaired) electrons. The molecule has 2 aliphatic rings. The van der Waals surface area contributed by atoms with Crippen LogP contribution in [0.4, 0.5) is 0 Å². The molecule has 8 nitrogen and oxygen atoms in total. The number of nitrogens with zero attached hydrogens (tertiary/aromatic N) is 1. The van der Waals surface area contributed by atoms with Gasteiger partial charge in [0.05, 0.1) is 10.5 Å². The number of rotatable bonds is 7. The first-order valence-corrected chi connectivity index (χ1v) is 12.9. The summed E-state index contributed by atoms with van der Waals surface area (Å²) in [5.74, 6) is 0.702. The number of ether oxygens (including phenoxy) is 1. The zero-order valence-corrected chi connectivity index (χ0v) is 21.5. The first-order valence-electron chi connectivity index (χ1n) is 12.1. The van der Waals surface area contributed by atoms with Crippen molar-refractivity contribution in [1.29, 1.82) is 0 Å². The Balaban J connectivity index is 1.43. The topological polar surface area (TPSA) is 111 Å². The lowest BCUT2D eigenvalue weighted by molar-refractivity contribution is -0.242. The van der Waals surface area contributed by atoms with Gasteiger partial charge in [0.15, 0.2) is 11.3 Å². The number of aliphatic hydroxyl groups is 3. The maximum atomic E-state index is 10.9. The van der Waals surface area contributed by atoms with Crippen LogP contribution in [0, 0.1) is 0 Å². The molecule has 1 aliphatic heterocycles. The molecule has 0 spiro atoms. The average Bonchev–Trinajstić information content (AvgIpc) is 3.67. The molecule has 36 heavy (non-hydrogen) atoms.